The quantitative estimate of drug-likeness (QED) is 0.801. The van der Waals surface area contributed by atoms with Gasteiger partial charge in [-0.05, 0) is 44.6 Å². The third-order valence-corrected chi connectivity index (χ3v) is 4.49. The van der Waals surface area contributed by atoms with E-state index in [9.17, 15) is 4.79 Å². The number of hydrogen-bond acceptors (Lipinski definition) is 3. The average molecular weight is 277 g/mol. The van der Waals surface area contributed by atoms with Gasteiger partial charge >= 0.3 is 0 Å². The van der Waals surface area contributed by atoms with Gasteiger partial charge in [0.05, 0.1) is 0 Å². The number of thiophene rings is 1. The summed E-state index contributed by atoms with van der Waals surface area (Å²) in [4.78, 5) is 15.4. The van der Waals surface area contributed by atoms with Crippen molar-refractivity contribution in [3.8, 4) is 11.8 Å². The van der Waals surface area contributed by atoms with Crippen molar-refractivity contribution in [1.82, 2.24) is 4.90 Å². The third kappa shape index (κ3) is 2.99. The minimum atomic E-state index is -0.181. The van der Waals surface area contributed by atoms with Gasteiger partial charge in [0.15, 0.2) is 0 Å². The van der Waals surface area contributed by atoms with Crippen molar-refractivity contribution >= 4 is 17.2 Å². The van der Waals surface area contributed by atoms with Crippen molar-refractivity contribution in [3.05, 3.63) is 21.9 Å². The predicted molar refractivity (Wildman–Crippen MR) is 77.2 cm³/mol. The van der Waals surface area contributed by atoms with Gasteiger partial charge in [0, 0.05) is 17.6 Å². The van der Waals surface area contributed by atoms with Crippen LogP contribution in [0.15, 0.2) is 11.4 Å². The zero-order valence-electron chi connectivity index (χ0n) is 11.3. The van der Waals surface area contributed by atoms with Crippen LogP contribution in [0.3, 0.4) is 0 Å². The SMILES string of the molecule is CC1CCCC(C)N1C(=O)c1sccc1C#CCO. The first-order valence-corrected chi connectivity index (χ1v) is 7.53. The minimum Gasteiger partial charge on any atom is -0.384 e. The Kier molecular flexibility index (Phi) is 4.62. The molecule has 2 atom stereocenters. The van der Waals surface area contributed by atoms with Crippen LogP contribution in [0.25, 0.3) is 0 Å². The van der Waals surface area contributed by atoms with Crippen LogP contribution in [0, 0.1) is 11.8 Å². The fourth-order valence-corrected chi connectivity index (χ4v) is 3.44. The van der Waals surface area contributed by atoms with E-state index in [1.807, 2.05) is 16.3 Å². The second-order valence-electron chi connectivity index (χ2n) is 4.96. The van der Waals surface area contributed by atoms with Gasteiger partial charge < -0.3 is 10.0 Å². The Balaban J connectivity index is 2.26. The minimum absolute atomic E-state index is 0.0805. The summed E-state index contributed by atoms with van der Waals surface area (Å²) in [5.74, 6) is 5.55. The molecule has 1 aromatic rings. The van der Waals surface area contributed by atoms with Crippen molar-refractivity contribution in [2.75, 3.05) is 6.61 Å². The van der Waals surface area contributed by atoms with E-state index < -0.39 is 0 Å². The Bertz CT molecular complexity index is 502. The normalized spacial score (nSPS) is 22.8. The van der Waals surface area contributed by atoms with Crippen LogP contribution in [-0.2, 0) is 0 Å². The van der Waals surface area contributed by atoms with Crippen molar-refractivity contribution in [3.63, 3.8) is 0 Å². The Labute approximate surface area is 118 Å². The van der Waals surface area contributed by atoms with Crippen LogP contribution in [-0.4, -0.2) is 34.6 Å². The molecule has 0 bridgehead atoms. The Hall–Kier alpha value is -1.31. The zero-order valence-corrected chi connectivity index (χ0v) is 12.2. The third-order valence-electron chi connectivity index (χ3n) is 3.59. The second kappa shape index (κ2) is 6.23. The summed E-state index contributed by atoms with van der Waals surface area (Å²) in [6.45, 7) is 4.04. The lowest BCUT2D eigenvalue weighted by molar-refractivity contribution is 0.0515. The number of rotatable bonds is 1. The van der Waals surface area contributed by atoms with Gasteiger partial charge in [0.1, 0.15) is 11.5 Å². The molecule has 1 aliphatic rings. The van der Waals surface area contributed by atoms with Crippen molar-refractivity contribution in [2.24, 2.45) is 0 Å². The number of aliphatic hydroxyl groups is 1. The van der Waals surface area contributed by atoms with Crippen LogP contribution in [0.1, 0.15) is 48.3 Å². The summed E-state index contributed by atoms with van der Waals surface area (Å²) in [6, 6.07) is 2.42. The van der Waals surface area contributed by atoms with Crippen LogP contribution < -0.4 is 0 Å². The van der Waals surface area contributed by atoms with E-state index in [1.165, 1.54) is 17.8 Å². The van der Waals surface area contributed by atoms with E-state index in [0.29, 0.717) is 4.88 Å². The molecule has 1 N–H and O–H groups in total. The van der Waals surface area contributed by atoms with Crippen molar-refractivity contribution in [2.45, 2.75) is 45.2 Å². The van der Waals surface area contributed by atoms with Crippen LogP contribution in [0.4, 0.5) is 0 Å². The maximum atomic E-state index is 12.7. The highest BCUT2D eigenvalue weighted by Crippen LogP contribution is 2.27. The van der Waals surface area contributed by atoms with E-state index in [1.54, 1.807) is 0 Å². The maximum Gasteiger partial charge on any atom is 0.265 e. The Morgan fingerprint density at radius 2 is 2.16 bits per heavy atom. The van der Waals surface area contributed by atoms with Gasteiger partial charge in [-0.15, -0.1) is 11.3 Å². The number of likely N-dealkylation sites (tertiary alicyclic amines) is 1. The van der Waals surface area contributed by atoms with Crippen LogP contribution in [0.2, 0.25) is 0 Å². The van der Waals surface area contributed by atoms with Gasteiger partial charge in [-0.25, -0.2) is 0 Å². The molecule has 102 valence electrons. The van der Waals surface area contributed by atoms with Gasteiger partial charge in [0.2, 0.25) is 0 Å². The highest BCUT2D eigenvalue weighted by molar-refractivity contribution is 7.12. The summed E-state index contributed by atoms with van der Waals surface area (Å²) in [6.07, 6.45) is 3.33. The van der Waals surface area contributed by atoms with Crippen molar-refractivity contribution < 1.29 is 9.90 Å². The summed E-state index contributed by atoms with van der Waals surface area (Å²) in [5, 5.41) is 10.6. The molecule has 1 aromatic heterocycles. The van der Waals surface area contributed by atoms with Crippen LogP contribution in [0.5, 0.6) is 0 Å². The van der Waals surface area contributed by atoms with Gasteiger partial charge in [-0.2, -0.15) is 0 Å². The predicted octanol–water partition coefficient (Wildman–Crippen LogP) is 2.50. The Morgan fingerprint density at radius 1 is 1.47 bits per heavy atom. The number of aliphatic hydroxyl groups excluding tert-OH is 1. The summed E-state index contributed by atoms with van der Waals surface area (Å²) in [7, 11) is 0. The fraction of sp³-hybridized carbons (Fsp3) is 0.533. The first-order valence-electron chi connectivity index (χ1n) is 6.65. The lowest BCUT2D eigenvalue weighted by Crippen LogP contribution is -2.47. The molecule has 0 spiro atoms. The lowest BCUT2D eigenvalue weighted by atomic mass is 9.97. The fourth-order valence-electron chi connectivity index (χ4n) is 2.65. The molecule has 0 aromatic carbocycles. The molecule has 1 aliphatic heterocycles. The zero-order chi connectivity index (χ0) is 13.8. The number of nitrogens with zero attached hydrogens (tertiary/aromatic N) is 1. The number of piperidine rings is 1. The van der Waals surface area contributed by atoms with Gasteiger partial charge in [-0.1, -0.05) is 11.8 Å². The molecule has 2 unspecified atom stereocenters. The summed E-state index contributed by atoms with van der Waals surface area (Å²) >= 11 is 1.43. The van der Waals surface area contributed by atoms with E-state index >= 15 is 0 Å². The topological polar surface area (TPSA) is 40.5 Å². The largest absolute Gasteiger partial charge is 0.384 e. The van der Waals surface area contributed by atoms with Gasteiger partial charge in [-0.3, -0.25) is 4.79 Å². The molecule has 4 heteroatoms. The highest BCUT2D eigenvalue weighted by atomic mass is 32.1. The van der Waals surface area contributed by atoms with E-state index in [2.05, 4.69) is 25.7 Å². The first-order chi connectivity index (χ1) is 9.15. The Morgan fingerprint density at radius 3 is 2.79 bits per heavy atom. The molecule has 1 amide bonds. The molecule has 0 saturated carbocycles. The molecule has 2 heterocycles. The molecule has 0 aliphatic carbocycles. The molecular formula is C15H19NO2S. The summed E-state index contributed by atoms with van der Waals surface area (Å²) in [5.41, 5.74) is 0.731. The highest BCUT2D eigenvalue weighted by Gasteiger charge is 2.31. The molecular weight excluding hydrogens is 258 g/mol. The molecule has 19 heavy (non-hydrogen) atoms. The van der Waals surface area contributed by atoms with Crippen molar-refractivity contribution in [1.29, 1.82) is 0 Å². The number of hydrogen-bond donors (Lipinski definition) is 1. The number of carbonyl (C=O) groups is 1. The van der Waals surface area contributed by atoms with E-state index in [4.69, 9.17) is 5.11 Å². The first kappa shape index (κ1) is 14.1. The second-order valence-corrected chi connectivity index (χ2v) is 5.88. The average Bonchev–Trinajstić information content (AvgIpc) is 2.84. The van der Waals surface area contributed by atoms with E-state index in [-0.39, 0.29) is 24.6 Å². The smallest absolute Gasteiger partial charge is 0.265 e. The summed E-state index contributed by atoms with van der Waals surface area (Å²) < 4.78 is 0. The molecule has 1 saturated heterocycles. The molecule has 3 nitrogen and oxygen atoms in total. The molecule has 1 fully saturated rings. The number of amides is 1. The molecule has 2 rings (SSSR count). The van der Waals surface area contributed by atoms with Gasteiger partial charge in [0.25, 0.3) is 5.91 Å². The number of carbonyl (C=O) groups excluding carboxylic acids is 1. The standard InChI is InChI=1S/C15H19NO2S/c1-11-5-3-6-12(2)16(11)15(18)14-13(7-4-9-17)8-10-19-14/h8,10-12,17H,3,5-6,9H2,1-2H3. The van der Waals surface area contributed by atoms with E-state index in [0.717, 1.165) is 18.4 Å². The lowest BCUT2D eigenvalue weighted by Gasteiger charge is -2.38. The maximum absolute atomic E-state index is 12.7. The monoisotopic (exact) mass is 277 g/mol. The van der Waals surface area contributed by atoms with Crippen LogP contribution >= 0.6 is 11.3 Å². The molecule has 0 radical (unpaired) electrons.